The van der Waals surface area contributed by atoms with Crippen LogP contribution < -0.4 is 5.32 Å². The van der Waals surface area contributed by atoms with Crippen LogP contribution in [0.5, 0.6) is 0 Å². The lowest BCUT2D eigenvalue weighted by molar-refractivity contribution is -0.139. The minimum atomic E-state index is -1.02. The number of carboxylic acids is 1. The van der Waals surface area contributed by atoms with Crippen LogP contribution in [0.25, 0.3) is 10.9 Å². The van der Waals surface area contributed by atoms with Gasteiger partial charge < -0.3 is 15.4 Å². The molecule has 2 aromatic rings. The molecule has 20 heavy (non-hydrogen) atoms. The van der Waals surface area contributed by atoms with E-state index in [-0.39, 0.29) is 0 Å². The minimum absolute atomic E-state index is 0.347. The lowest BCUT2D eigenvalue weighted by Crippen LogP contribution is -2.40. The highest BCUT2D eigenvalue weighted by Gasteiger charge is 2.19. The van der Waals surface area contributed by atoms with E-state index in [1.165, 1.54) is 0 Å². The van der Waals surface area contributed by atoms with Crippen molar-refractivity contribution in [3.05, 3.63) is 35.0 Å². The summed E-state index contributed by atoms with van der Waals surface area (Å²) in [5.74, 6) is -1.42. The molecule has 0 saturated heterocycles. The van der Waals surface area contributed by atoms with Crippen molar-refractivity contribution in [1.82, 2.24) is 10.3 Å². The summed E-state index contributed by atoms with van der Waals surface area (Å²) in [6, 6.07) is 4.81. The van der Waals surface area contributed by atoms with Crippen LogP contribution >= 0.6 is 0 Å². The number of carbonyl (C=O) groups excluding carboxylic acids is 1. The van der Waals surface area contributed by atoms with Crippen molar-refractivity contribution in [2.45, 2.75) is 33.2 Å². The molecule has 0 fully saturated rings. The smallest absolute Gasteiger partial charge is 0.326 e. The summed E-state index contributed by atoms with van der Waals surface area (Å²) in [6.07, 6.45) is 0.347. The molecule has 1 amide bonds. The number of fused-ring (bicyclic) bond motifs is 1. The van der Waals surface area contributed by atoms with Gasteiger partial charge in [-0.15, -0.1) is 0 Å². The van der Waals surface area contributed by atoms with Crippen LogP contribution in [0.2, 0.25) is 0 Å². The number of aryl methyl sites for hydroxylation is 2. The number of nitrogens with one attached hydrogen (secondary N) is 2. The highest BCUT2D eigenvalue weighted by Crippen LogP contribution is 2.22. The second-order valence-corrected chi connectivity index (χ2v) is 4.92. The summed E-state index contributed by atoms with van der Waals surface area (Å²) >= 11 is 0. The Morgan fingerprint density at radius 1 is 1.35 bits per heavy atom. The average Bonchev–Trinajstić information content (AvgIpc) is 2.84. The first-order chi connectivity index (χ1) is 9.43. The first-order valence-corrected chi connectivity index (χ1v) is 6.56. The lowest BCUT2D eigenvalue weighted by Gasteiger charge is -2.10. The molecule has 2 rings (SSSR count). The summed E-state index contributed by atoms with van der Waals surface area (Å²) < 4.78 is 0. The van der Waals surface area contributed by atoms with E-state index in [0.29, 0.717) is 12.1 Å². The number of aromatic amines is 1. The quantitative estimate of drug-likeness (QED) is 0.800. The number of hydrogen-bond acceptors (Lipinski definition) is 2. The number of H-pyrrole nitrogens is 1. The molecule has 0 bridgehead atoms. The number of rotatable bonds is 4. The number of aliphatic carboxylic acids is 1. The summed E-state index contributed by atoms with van der Waals surface area (Å²) in [6.45, 7) is 5.73. The van der Waals surface area contributed by atoms with Crippen molar-refractivity contribution in [1.29, 1.82) is 0 Å². The molecule has 0 aliphatic carbocycles. The molecular weight excluding hydrogens is 256 g/mol. The Balaban J connectivity index is 2.31. The zero-order valence-electron chi connectivity index (χ0n) is 11.8. The first-order valence-electron chi connectivity index (χ1n) is 6.56. The van der Waals surface area contributed by atoms with Crippen molar-refractivity contribution in [2.24, 2.45) is 0 Å². The normalized spacial score (nSPS) is 12.3. The van der Waals surface area contributed by atoms with Crippen LogP contribution in [0.15, 0.2) is 18.2 Å². The van der Waals surface area contributed by atoms with E-state index < -0.39 is 17.9 Å². The summed E-state index contributed by atoms with van der Waals surface area (Å²) in [5.41, 5.74) is 3.53. The molecular formula is C15H18N2O3. The highest BCUT2D eigenvalue weighted by atomic mass is 16.4. The molecule has 1 heterocycles. The average molecular weight is 274 g/mol. The number of aromatic nitrogens is 1. The summed E-state index contributed by atoms with van der Waals surface area (Å²) in [7, 11) is 0. The maximum Gasteiger partial charge on any atom is 0.326 e. The van der Waals surface area contributed by atoms with Crippen LogP contribution in [0.1, 0.15) is 35.0 Å². The van der Waals surface area contributed by atoms with E-state index in [2.05, 4.69) is 10.3 Å². The van der Waals surface area contributed by atoms with Gasteiger partial charge >= 0.3 is 5.97 Å². The van der Waals surface area contributed by atoms with Gasteiger partial charge in [0.2, 0.25) is 0 Å². The maximum atomic E-state index is 12.1. The molecule has 5 heteroatoms. The largest absolute Gasteiger partial charge is 0.480 e. The Hall–Kier alpha value is -2.30. The molecule has 1 aromatic heterocycles. The Morgan fingerprint density at radius 2 is 2.05 bits per heavy atom. The predicted molar refractivity (Wildman–Crippen MR) is 77.0 cm³/mol. The van der Waals surface area contributed by atoms with Gasteiger partial charge in [0.05, 0.1) is 0 Å². The monoisotopic (exact) mass is 274 g/mol. The Bertz CT molecular complexity index is 673. The fourth-order valence-electron chi connectivity index (χ4n) is 2.15. The summed E-state index contributed by atoms with van der Waals surface area (Å²) in [4.78, 5) is 26.0. The van der Waals surface area contributed by atoms with Gasteiger partial charge in [0.1, 0.15) is 11.7 Å². The van der Waals surface area contributed by atoms with Crippen molar-refractivity contribution >= 4 is 22.8 Å². The van der Waals surface area contributed by atoms with Crippen molar-refractivity contribution < 1.29 is 14.7 Å². The van der Waals surface area contributed by atoms with Gasteiger partial charge in [-0.2, -0.15) is 0 Å². The number of carbonyl (C=O) groups is 2. The van der Waals surface area contributed by atoms with Gasteiger partial charge in [0.15, 0.2) is 0 Å². The fourth-order valence-corrected chi connectivity index (χ4v) is 2.15. The summed E-state index contributed by atoms with van der Waals surface area (Å²) in [5, 5.41) is 12.5. The Kier molecular flexibility index (Phi) is 3.79. The van der Waals surface area contributed by atoms with E-state index in [9.17, 15) is 9.59 Å². The van der Waals surface area contributed by atoms with Crippen LogP contribution in [0, 0.1) is 13.8 Å². The van der Waals surface area contributed by atoms with Gasteiger partial charge in [-0.1, -0.05) is 13.0 Å². The molecule has 1 unspecified atom stereocenters. The highest BCUT2D eigenvalue weighted by molar-refractivity contribution is 6.00. The van der Waals surface area contributed by atoms with E-state index >= 15 is 0 Å². The maximum absolute atomic E-state index is 12.1. The van der Waals surface area contributed by atoms with E-state index in [1.807, 2.05) is 26.0 Å². The number of benzene rings is 1. The lowest BCUT2D eigenvalue weighted by atomic mass is 10.1. The molecule has 0 saturated carbocycles. The second kappa shape index (κ2) is 5.36. The molecule has 0 radical (unpaired) electrons. The van der Waals surface area contributed by atoms with Gasteiger partial charge in [-0.05, 0) is 43.5 Å². The number of amides is 1. The topological polar surface area (TPSA) is 82.2 Å². The van der Waals surface area contributed by atoms with Crippen molar-refractivity contribution in [2.75, 3.05) is 0 Å². The van der Waals surface area contributed by atoms with E-state index in [1.54, 1.807) is 13.0 Å². The van der Waals surface area contributed by atoms with Crippen LogP contribution in [-0.4, -0.2) is 28.0 Å². The van der Waals surface area contributed by atoms with Crippen LogP contribution in [0.4, 0.5) is 0 Å². The van der Waals surface area contributed by atoms with Crippen molar-refractivity contribution in [3.63, 3.8) is 0 Å². The predicted octanol–water partition coefficient (Wildman–Crippen LogP) is 2.38. The third kappa shape index (κ3) is 2.52. The van der Waals surface area contributed by atoms with Gasteiger partial charge in [0.25, 0.3) is 5.91 Å². The van der Waals surface area contributed by atoms with Crippen LogP contribution in [0.3, 0.4) is 0 Å². The molecule has 0 aliphatic heterocycles. The SMILES string of the molecule is CCC(NC(=O)c1cc2c(C)c(C)ccc2[nH]1)C(=O)O. The molecule has 1 aromatic carbocycles. The van der Waals surface area contributed by atoms with E-state index in [4.69, 9.17) is 5.11 Å². The Labute approximate surface area is 117 Å². The minimum Gasteiger partial charge on any atom is -0.480 e. The zero-order valence-corrected chi connectivity index (χ0v) is 11.8. The standard InChI is InChI=1S/C15H18N2O3/c1-4-11(15(19)20)17-14(18)13-7-10-9(3)8(2)5-6-12(10)16-13/h5-7,11,16H,4H2,1-3H3,(H,17,18)(H,19,20). The third-order valence-electron chi connectivity index (χ3n) is 3.60. The molecule has 1 atom stereocenters. The third-order valence-corrected chi connectivity index (χ3v) is 3.60. The number of hydrogen-bond donors (Lipinski definition) is 3. The van der Waals surface area contributed by atoms with Crippen molar-refractivity contribution in [3.8, 4) is 0 Å². The molecule has 0 spiro atoms. The Morgan fingerprint density at radius 3 is 2.65 bits per heavy atom. The van der Waals surface area contributed by atoms with Gasteiger partial charge in [0, 0.05) is 10.9 Å². The number of carboxylic acid groups (broad SMARTS) is 1. The first kappa shape index (κ1) is 14.1. The molecule has 5 nitrogen and oxygen atoms in total. The van der Waals surface area contributed by atoms with Gasteiger partial charge in [-0.3, -0.25) is 4.79 Å². The second-order valence-electron chi connectivity index (χ2n) is 4.92. The molecule has 106 valence electrons. The van der Waals surface area contributed by atoms with Gasteiger partial charge in [-0.25, -0.2) is 4.79 Å². The fraction of sp³-hybridized carbons (Fsp3) is 0.333. The zero-order chi connectivity index (χ0) is 14.9. The molecule has 0 aliphatic rings. The molecule has 3 N–H and O–H groups in total. The van der Waals surface area contributed by atoms with Crippen LogP contribution in [-0.2, 0) is 4.79 Å². The van der Waals surface area contributed by atoms with E-state index in [0.717, 1.165) is 22.0 Å².